The molecule has 0 bridgehead atoms. The summed E-state index contributed by atoms with van der Waals surface area (Å²) in [6.45, 7) is 0.105. The number of rotatable bonds is 6. The van der Waals surface area contributed by atoms with Crippen molar-refractivity contribution < 1.29 is 24.2 Å². The number of aliphatic hydroxyl groups is 1. The second-order valence-electron chi connectivity index (χ2n) is 7.37. The zero-order chi connectivity index (χ0) is 23.5. The summed E-state index contributed by atoms with van der Waals surface area (Å²) >= 11 is 6.22. The smallest absolute Gasteiger partial charge is 0.295 e. The summed E-state index contributed by atoms with van der Waals surface area (Å²) in [5.74, 6) is -0.826. The van der Waals surface area contributed by atoms with Gasteiger partial charge in [-0.1, -0.05) is 35.9 Å². The van der Waals surface area contributed by atoms with Crippen LogP contribution < -0.4 is 9.47 Å². The van der Waals surface area contributed by atoms with Crippen molar-refractivity contribution >= 4 is 29.1 Å². The van der Waals surface area contributed by atoms with Gasteiger partial charge in [-0.2, -0.15) is 0 Å². The van der Waals surface area contributed by atoms with Gasteiger partial charge in [0.05, 0.1) is 37.4 Å². The van der Waals surface area contributed by atoms with E-state index in [0.29, 0.717) is 22.6 Å². The van der Waals surface area contributed by atoms with Crippen LogP contribution in [0.3, 0.4) is 0 Å². The quantitative estimate of drug-likeness (QED) is 0.331. The fraction of sp³-hybridized carbons (Fsp3) is 0.160. The molecule has 1 atom stereocenters. The highest BCUT2D eigenvalue weighted by Gasteiger charge is 2.46. The number of halogens is 1. The van der Waals surface area contributed by atoms with Gasteiger partial charge in [0.15, 0.2) is 0 Å². The second-order valence-corrected chi connectivity index (χ2v) is 7.78. The number of aliphatic hydroxyl groups excluding tert-OH is 1. The highest BCUT2D eigenvalue weighted by molar-refractivity contribution is 6.46. The number of ether oxygens (including phenoxy) is 2. The largest absolute Gasteiger partial charge is 0.507 e. The van der Waals surface area contributed by atoms with E-state index in [1.165, 1.54) is 18.1 Å². The third-order valence-corrected chi connectivity index (χ3v) is 5.79. The molecular formula is C25H21ClN2O5. The number of amides is 1. The third-order valence-electron chi connectivity index (χ3n) is 5.50. The van der Waals surface area contributed by atoms with Crippen molar-refractivity contribution in [3.8, 4) is 11.5 Å². The van der Waals surface area contributed by atoms with Crippen LogP contribution >= 0.6 is 11.6 Å². The number of methoxy groups -OCH3 is 2. The summed E-state index contributed by atoms with van der Waals surface area (Å²) in [6.07, 6.45) is 3.17. The number of carbonyl (C=O) groups is 2. The SMILES string of the molecule is COc1ccc(/C(O)=C2/C(=O)C(=O)N(Cc3ccccc3OC)C2c2cccnc2)cc1Cl. The van der Waals surface area contributed by atoms with Crippen molar-refractivity contribution in [2.45, 2.75) is 12.6 Å². The predicted octanol–water partition coefficient (Wildman–Crippen LogP) is 4.37. The molecule has 1 aromatic heterocycles. The van der Waals surface area contributed by atoms with Crippen LogP contribution in [0.2, 0.25) is 5.02 Å². The molecule has 0 radical (unpaired) electrons. The van der Waals surface area contributed by atoms with Crippen LogP contribution in [0.5, 0.6) is 11.5 Å². The first-order valence-electron chi connectivity index (χ1n) is 10.1. The van der Waals surface area contributed by atoms with Crippen LogP contribution in [0, 0.1) is 0 Å². The normalized spacial score (nSPS) is 17.3. The highest BCUT2D eigenvalue weighted by atomic mass is 35.5. The second kappa shape index (κ2) is 9.34. The lowest BCUT2D eigenvalue weighted by Gasteiger charge is -2.25. The van der Waals surface area contributed by atoms with Gasteiger partial charge in [0, 0.05) is 23.5 Å². The average molecular weight is 465 g/mol. The minimum Gasteiger partial charge on any atom is -0.507 e. The van der Waals surface area contributed by atoms with E-state index in [-0.39, 0.29) is 22.9 Å². The maximum Gasteiger partial charge on any atom is 0.295 e. The number of benzene rings is 2. The monoisotopic (exact) mass is 464 g/mol. The predicted molar refractivity (Wildman–Crippen MR) is 123 cm³/mol. The first kappa shape index (κ1) is 22.4. The van der Waals surface area contributed by atoms with Crippen LogP contribution in [-0.2, 0) is 16.1 Å². The van der Waals surface area contributed by atoms with E-state index in [1.54, 1.807) is 49.8 Å². The Labute approximate surface area is 195 Å². The lowest BCUT2D eigenvalue weighted by molar-refractivity contribution is -0.140. The van der Waals surface area contributed by atoms with Crippen LogP contribution in [0.1, 0.15) is 22.7 Å². The summed E-state index contributed by atoms with van der Waals surface area (Å²) in [5, 5.41) is 11.4. The molecule has 3 aromatic rings. The molecule has 2 aromatic carbocycles. The molecule has 33 heavy (non-hydrogen) atoms. The van der Waals surface area contributed by atoms with Gasteiger partial charge in [-0.15, -0.1) is 0 Å². The molecule has 1 aliphatic heterocycles. The fourth-order valence-electron chi connectivity index (χ4n) is 3.91. The molecule has 8 heteroatoms. The number of hydrogen-bond donors (Lipinski definition) is 1. The third kappa shape index (κ3) is 4.15. The fourth-order valence-corrected chi connectivity index (χ4v) is 4.17. The van der Waals surface area contributed by atoms with Crippen molar-refractivity contribution in [2.75, 3.05) is 14.2 Å². The molecule has 0 spiro atoms. The number of carbonyl (C=O) groups excluding carboxylic acids is 2. The van der Waals surface area contributed by atoms with E-state index in [4.69, 9.17) is 21.1 Å². The standard InChI is InChI=1S/C25H21ClN2O5/c1-32-19-8-4-3-6-17(19)14-28-22(16-7-5-11-27-13-16)21(24(30)25(28)31)23(29)15-9-10-20(33-2)18(26)12-15/h3-13,22,29H,14H2,1-2H3/b23-21-. The molecule has 1 amide bonds. The zero-order valence-corrected chi connectivity index (χ0v) is 18.7. The summed E-state index contributed by atoms with van der Waals surface area (Å²) in [5.41, 5.74) is 1.57. The molecule has 1 saturated heterocycles. The number of pyridine rings is 1. The van der Waals surface area contributed by atoms with Crippen LogP contribution in [-0.4, -0.2) is 40.9 Å². The van der Waals surface area contributed by atoms with Crippen molar-refractivity contribution in [2.24, 2.45) is 0 Å². The van der Waals surface area contributed by atoms with Gasteiger partial charge in [-0.3, -0.25) is 14.6 Å². The number of aromatic nitrogens is 1. The van der Waals surface area contributed by atoms with Crippen molar-refractivity contribution in [3.05, 3.63) is 94.3 Å². The molecule has 1 aliphatic rings. The number of para-hydroxylation sites is 1. The zero-order valence-electron chi connectivity index (χ0n) is 18.0. The Morgan fingerprint density at radius 1 is 1.06 bits per heavy atom. The van der Waals surface area contributed by atoms with E-state index in [0.717, 1.165) is 5.56 Å². The molecule has 1 fully saturated rings. The molecule has 1 N–H and O–H groups in total. The maximum absolute atomic E-state index is 13.1. The molecule has 0 saturated carbocycles. The number of Topliss-reactive ketones (excluding diaryl/α,β-unsaturated/α-hetero) is 1. The Bertz CT molecular complexity index is 1240. The topological polar surface area (TPSA) is 89.0 Å². The summed E-state index contributed by atoms with van der Waals surface area (Å²) in [6, 6.07) is 14.5. The van der Waals surface area contributed by atoms with Gasteiger partial charge in [0.2, 0.25) is 0 Å². The molecule has 1 unspecified atom stereocenters. The van der Waals surface area contributed by atoms with E-state index < -0.39 is 17.7 Å². The van der Waals surface area contributed by atoms with Crippen molar-refractivity contribution in [1.29, 1.82) is 0 Å². The Morgan fingerprint density at radius 2 is 1.82 bits per heavy atom. The van der Waals surface area contributed by atoms with E-state index in [2.05, 4.69) is 4.98 Å². The van der Waals surface area contributed by atoms with Gasteiger partial charge in [-0.05, 0) is 35.9 Å². The van der Waals surface area contributed by atoms with Crippen LogP contribution in [0.4, 0.5) is 0 Å². The highest BCUT2D eigenvalue weighted by Crippen LogP contribution is 2.41. The van der Waals surface area contributed by atoms with Gasteiger partial charge < -0.3 is 19.5 Å². The number of likely N-dealkylation sites (tertiary alicyclic amines) is 1. The van der Waals surface area contributed by atoms with Gasteiger partial charge in [0.1, 0.15) is 17.3 Å². The first-order chi connectivity index (χ1) is 16.0. The Hall–Kier alpha value is -3.84. The number of nitrogens with zero attached hydrogens (tertiary/aromatic N) is 2. The molecule has 168 valence electrons. The van der Waals surface area contributed by atoms with Gasteiger partial charge >= 0.3 is 0 Å². The summed E-state index contributed by atoms with van der Waals surface area (Å²) in [7, 11) is 3.02. The van der Waals surface area contributed by atoms with Crippen molar-refractivity contribution in [3.63, 3.8) is 0 Å². The Morgan fingerprint density at radius 3 is 2.48 bits per heavy atom. The summed E-state index contributed by atoms with van der Waals surface area (Å²) < 4.78 is 10.6. The first-order valence-corrected chi connectivity index (χ1v) is 10.5. The van der Waals surface area contributed by atoms with Gasteiger partial charge in [-0.25, -0.2) is 0 Å². The summed E-state index contributed by atoms with van der Waals surface area (Å²) in [4.78, 5) is 31.8. The van der Waals surface area contributed by atoms with E-state index >= 15 is 0 Å². The minimum atomic E-state index is -0.843. The van der Waals surface area contributed by atoms with Crippen LogP contribution in [0.15, 0.2) is 72.6 Å². The minimum absolute atomic E-state index is 0.0378. The number of ketones is 1. The Balaban J connectivity index is 1.86. The Kier molecular flexibility index (Phi) is 6.33. The molecule has 7 nitrogen and oxygen atoms in total. The molecule has 4 rings (SSSR count). The molecular weight excluding hydrogens is 444 g/mol. The molecule has 2 heterocycles. The van der Waals surface area contributed by atoms with Crippen molar-refractivity contribution in [1.82, 2.24) is 9.88 Å². The lowest BCUT2D eigenvalue weighted by atomic mass is 9.96. The number of hydrogen-bond acceptors (Lipinski definition) is 6. The maximum atomic E-state index is 13.1. The molecule has 0 aliphatic carbocycles. The van der Waals surface area contributed by atoms with E-state index in [9.17, 15) is 14.7 Å². The average Bonchev–Trinajstić information content (AvgIpc) is 3.09. The van der Waals surface area contributed by atoms with Gasteiger partial charge in [0.25, 0.3) is 11.7 Å². The lowest BCUT2D eigenvalue weighted by Crippen LogP contribution is -2.29. The van der Waals surface area contributed by atoms with Crippen LogP contribution in [0.25, 0.3) is 5.76 Å². The van der Waals surface area contributed by atoms with E-state index in [1.807, 2.05) is 18.2 Å².